The molecule has 0 aliphatic carbocycles. The van der Waals surface area contributed by atoms with Gasteiger partial charge in [-0.1, -0.05) is 11.6 Å². The number of halogens is 1. The van der Waals surface area contributed by atoms with Crippen LogP contribution in [0.25, 0.3) is 10.2 Å². The molecular formula is C16H14ClN3O2S2. The highest BCUT2D eigenvalue weighted by Gasteiger charge is 2.13. The molecule has 0 bridgehead atoms. The zero-order valence-electron chi connectivity index (χ0n) is 13.0. The predicted molar refractivity (Wildman–Crippen MR) is 99.9 cm³/mol. The average molecular weight is 380 g/mol. The normalized spacial score (nSPS) is 11.0. The smallest absolute Gasteiger partial charge is 0.272 e. The number of nitrogens with zero attached hydrogens (tertiary/aromatic N) is 2. The Hall–Kier alpha value is -1.83. The molecule has 24 heavy (non-hydrogen) atoms. The number of thioether (sulfide) groups is 1. The summed E-state index contributed by atoms with van der Waals surface area (Å²) in [6, 6.07) is 7.23. The highest BCUT2D eigenvalue weighted by molar-refractivity contribution is 8.00. The minimum absolute atomic E-state index is 0.188. The molecule has 0 unspecified atom stereocenters. The van der Waals surface area contributed by atoms with Crippen molar-refractivity contribution in [1.29, 1.82) is 0 Å². The summed E-state index contributed by atoms with van der Waals surface area (Å²) in [5.41, 5.74) is 3.23. The lowest BCUT2D eigenvalue weighted by Gasteiger charge is -2.07. The van der Waals surface area contributed by atoms with Gasteiger partial charge in [-0.05, 0) is 43.7 Å². The SMILES string of the molecule is Cc1sc2ncn(NC(=O)CSc3ccc(Cl)cc3)c(=O)c2c1C. The van der Waals surface area contributed by atoms with Crippen molar-refractivity contribution in [3.63, 3.8) is 0 Å². The molecule has 2 aromatic heterocycles. The van der Waals surface area contributed by atoms with Crippen molar-refractivity contribution in [2.45, 2.75) is 18.7 Å². The Morgan fingerprint density at radius 2 is 2.04 bits per heavy atom. The lowest BCUT2D eigenvalue weighted by Crippen LogP contribution is -2.34. The molecule has 3 rings (SSSR count). The van der Waals surface area contributed by atoms with Crippen molar-refractivity contribution < 1.29 is 4.79 Å². The van der Waals surface area contributed by atoms with E-state index in [9.17, 15) is 9.59 Å². The molecule has 124 valence electrons. The maximum absolute atomic E-state index is 12.5. The first-order chi connectivity index (χ1) is 11.5. The van der Waals surface area contributed by atoms with Crippen molar-refractivity contribution in [2.75, 3.05) is 11.2 Å². The number of nitrogens with one attached hydrogen (secondary N) is 1. The number of amides is 1. The van der Waals surface area contributed by atoms with Crippen molar-refractivity contribution >= 4 is 50.8 Å². The maximum atomic E-state index is 12.5. The van der Waals surface area contributed by atoms with Crippen LogP contribution in [0.4, 0.5) is 0 Å². The van der Waals surface area contributed by atoms with Crippen LogP contribution >= 0.6 is 34.7 Å². The summed E-state index contributed by atoms with van der Waals surface area (Å²) in [5.74, 6) is -0.0869. The van der Waals surface area contributed by atoms with Crippen LogP contribution in [0.2, 0.25) is 5.02 Å². The van der Waals surface area contributed by atoms with Crippen LogP contribution in [0, 0.1) is 13.8 Å². The van der Waals surface area contributed by atoms with E-state index in [1.54, 1.807) is 12.1 Å². The number of rotatable bonds is 4. The van der Waals surface area contributed by atoms with Crippen LogP contribution in [0.15, 0.2) is 40.3 Å². The molecule has 3 aromatic rings. The van der Waals surface area contributed by atoms with Gasteiger partial charge in [-0.2, -0.15) is 0 Å². The lowest BCUT2D eigenvalue weighted by atomic mass is 10.2. The van der Waals surface area contributed by atoms with Gasteiger partial charge in [-0.25, -0.2) is 9.66 Å². The summed E-state index contributed by atoms with van der Waals surface area (Å²) in [6.07, 6.45) is 1.35. The number of hydrogen-bond donors (Lipinski definition) is 1. The first-order valence-corrected chi connectivity index (χ1v) is 9.29. The molecule has 1 aromatic carbocycles. The summed E-state index contributed by atoms with van der Waals surface area (Å²) >= 11 is 8.67. The number of aryl methyl sites for hydroxylation is 2. The molecule has 1 amide bonds. The number of carbonyl (C=O) groups excluding carboxylic acids is 1. The number of fused-ring (bicyclic) bond motifs is 1. The molecule has 0 aliphatic heterocycles. The fraction of sp³-hybridized carbons (Fsp3) is 0.188. The van der Waals surface area contributed by atoms with Crippen LogP contribution in [-0.4, -0.2) is 21.3 Å². The van der Waals surface area contributed by atoms with Crippen LogP contribution in [0.5, 0.6) is 0 Å². The summed E-state index contributed by atoms with van der Waals surface area (Å²) in [7, 11) is 0. The van der Waals surface area contributed by atoms with Gasteiger partial charge in [0.2, 0.25) is 5.91 Å². The third kappa shape index (κ3) is 3.48. The maximum Gasteiger partial charge on any atom is 0.281 e. The Bertz CT molecular complexity index is 964. The molecule has 0 radical (unpaired) electrons. The zero-order chi connectivity index (χ0) is 17.3. The molecule has 5 nitrogen and oxygen atoms in total. The van der Waals surface area contributed by atoms with Gasteiger partial charge in [-0.15, -0.1) is 23.1 Å². The minimum atomic E-state index is -0.275. The average Bonchev–Trinajstić information content (AvgIpc) is 2.85. The minimum Gasteiger partial charge on any atom is -0.272 e. The number of thiophene rings is 1. The van der Waals surface area contributed by atoms with E-state index >= 15 is 0 Å². The Balaban J connectivity index is 1.73. The van der Waals surface area contributed by atoms with E-state index in [0.29, 0.717) is 15.2 Å². The third-order valence-electron chi connectivity index (χ3n) is 3.52. The summed E-state index contributed by atoms with van der Waals surface area (Å²) in [6.45, 7) is 3.84. The number of aromatic nitrogens is 2. The zero-order valence-corrected chi connectivity index (χ0v) is 15.4. The highest BCUT2D eigenvalue weighted by Crippen LogP contribution is 2.25. The fourth-order valence-corrected chi connectivity index (χ4v) is 3.97. The predicted octanol–water partition coefficient (Wildman–Crippen LogP) is 3.59. The second-order valence-corrected chi connectivity index (χ2v) is 7.85. The Morgan fingerprint density at radius 3 is 2.75 bits per heavy atom. The first-order valence-electron chi connectivity index (χ1n) is 7.11. The van der Waals surface area contributed by atoms with Gasteiger partial charge in [0.1, 0.15) is 11.2 Å². The van der Waals surface area contributed by atoms with E-state index < -0.39 is 0 Å². The van der Waals surface area contributed by atoms with E-state index in [1.807, 2.05) is 26.0 Å². The van der Waals surface area contributed by atoms with E-state index in [4.69, 9.17) is 11.6 Å². The summed E-state index contributed by atoms with van der Waals surface area (Å²) in [4.78, 5) is 31.5. The highest BCUT2D eigenvalue weighted by atomic mass is 35.5. The first kappa shape index (κ1) is 17.0. The van der Waals surface area contributed by atoms with Crippen molar-refractivity contribution in [2.24, 2.45) is 0 Å². The van der Waals surface area contributed by atoms with E-state index in [2.05, 4.69) is 10.4 Å². The number of carbonyl (C=O) groups is 1. The Kier molecular flexibility index (Phi) is 4.93. The molecule has 0 saturated carbocycles. The van der Waals surface area contributed by atoms with Gasteiger partial charge in [0.15, 0.2) is 0 Å². The van der Waals surface area contributed by atoms with Gasteiger partial charge >= 0.3 is 0 Å². The van der Waals surface area contributed by atoms with Gasteiger partial charge in [0.25, 0.3) is 5.56 Å². The van der Waals surface area contributed by atoms with Crippen LogP contribution in [0.3, 0.4) is 0 Å². The molecule has 0 atom stereocenters. The topological polar surface area (TPSA) is 64.0 Å². The quantitative estimate of drug-likeness (QED) is 0.703. The second-order valence-electron chi connectivity index (χ2n) is 5.16. The molecule has 0 fully saturated rings. The second kappa shape index (κ2) is 6.96. The molecule has 8 heteroatoms. The molecule has 0 saturated heterocycles. The van der Waals surface area contributed by atoms with Crippen molar-refractivity contribution in [3.05, 3.63) is 56.4 Å². The van der Waals surface area contributed by atoms with Crippen LogP contribution in [-0.2, 0) is 4.79 Å². The van der Waals surface area contributed by atoms with Gasteiger partial charge in [0, 0.05) is 14.8 Å². The van der Waals surface area contributed by atoms with Gasteiger partial charge < -0.3 is 0 Å². The summed E-state index contributed by atoms with van der Waals surface area (Å²) in [5, 5.41) is 1.21. The molecule has 0 spiro atoms. The van der Waals surface area contributed by atoms with Crippen LogP contribution in [0.1, 0.15) is 10.4 Å². The number of hydrogen-bond acceptors (Lipinski definition) is 5. The molecule has 1 N–H and O–H groups in total. The van der Waals surface area contributed by atoms with E-state index in [1.165, 1.54) is 29.4 Å². The molecule has 2 heterocycles. The van der Waals surface area contributed by atoms with Crippen molar-refractivity contribution in [3.8, 4) is 0 Å². The molecule has 0 aliphatic rings. The lowest BCUT2D eigenvalue weighted by molar-refractivity contribution is -0.114. The molecular weight excluding hydrogens is 366 g/mol. The largest absolute Gasteiger partial charge is 0.281 e. The number of benzene rings is 1. The van der Waals surface area contributed by atoms with E-state index in [-0.39, 0.29) is 17.2 Å². The Labute approximate surface area is 151 Å². The monoisotopic (exact) mass is 379 g/mol. The third-order valence-corrected chi connectivity index (χ3v) is 5.90. The standard InChI is InChI=1S/C16H14ClN3O2S2/c1-9-10(2)24-15-14(9)16(22)20(8-18-15)19-13(21)7-23-12-5-3-11(17)4-6-12/h3-6,8H,7H2,1-2H3,(H,19,21). The summed E-state index contributed by atoms with van der Waals surface area (Å²) < 4.78 is 1.15. The van der Waals surface area contributed by atoms with Crippen molar-refractivity contribution in [1.82, 2.24) is 9.66 Å². The van der Waals surface area contributed by atoms with E-state index in [0.717, 1.165) is 20.0 Å². The van der Waals surface area contributed by atoms with Gasteiger partial charge in [0.05, 0.1) is 11.1 Å². The van der Waals surface area contributed by atoms with Crippen LogP contribution < -0.4 is 11.0 Å². The van der Waals surface area contributed by atoms with Gasteiger partial charge in [-0.3, -0.25) is 15.0 Å². The fourth-order valence-electron chi connectivity index (χ4n) is 2.16. The Morgan fingerprint density at radius 1 is 1.33 bits per heavy atom.